The topological polar surface area (TPSA) is 93.0 Å². The molecule has 1 rings (SSSR count). The van der Waals surface area contributed by atoms with Crippen LogP contribution in [0.25, 0.3) is 0 Å². The highest BCUT2D eigenvalue weighted by atomic mass is 16.4. The van der Waals surface area contributed by atoms with E-state index >= 15 is 0 Å². The van der Waals surface area contributed by atoms with Crippen LogP contribution in [0.3, 0.4) is 0 Å². The second-order valence-corrected chi connectivity index (χ2v) is 5.59. The molecule has 1 aliphatic heterocycles. The van der Waals surface area contributed by atoms with Gasteiger partial charge in [0.05, 0.1) is 24.9 Å². The number of nitrogens with one attached hydrogen (secondary N) is 1. The summed E-state index contributed by atoms with van der Waals surface area (Å²) < 4.78 is 0. The molecule has 114 valence electrons. The molecule has 0 unspecified atom stereocenters. The van der Waals surface area contributed by atoms with Gasteiger partial charge in [0.2, 0.25) is 0 Å². The minimum Gasteiger partial charge on any atom is -0.395 e. The zero-order chi connectivity index (χ0) is 14.3. The molecule has 0 aromatic carbocycles. The second-order valence-electron chi connectivity index (χ2n) is 5.59. The summed E-state index contributed by atoms with van der Waals surface area (Å²) in [5.41, 5.74) is 0. The second kappa shape index (κ2) is 8.87. The van der Waals surface area contributed by atoms with Crippen LogP contribution in [-0.2, 0) is 0 Å². The van der Waals surface area contributed by atoms with E-state index in [1.807, 2.05) is 0 Å². The fourth-order valence-corrected chi connectivity index (χ4v) is 2.71. The molecule has 1 heterocycles. The van der Waals surface area contributed by atoms with Gasteiger partial charge in [-0.05, 0) is 6.42 Å². The van der Waals surface area contributed by atoms with Gasteiger partial charge in [-0.25, -0.2) is 0 Å². The van der Waals surface area contributed by atoms with Gasteiger partial charge in [-0.2, -0.15) is 0 Å². The number of hydrogen-bond acceptors (Lipinski definition) is 5. The van der Waals surface area contributed by atoms with E-state index in [4.69, 9.17) is 5.11 Å². The Balaban J connectivity index is 2.28. The molecule has 5 N–H and O–H groups in total. The summed E-state index contributed by atoms with van der Waals surface area (Å²) in [5.74, 6) is 0. The standard InChI is InChI=1S/C14H29NO4/c1-2-3-4-5-6-7-8-10-12(17)14(19)13(18)11(9-16)15-10/h10-19H,2-9H2,1H3/t10-,11-,12-,13-,14-/m1/s1. The first kappa shape index (κ1) is 16.9. The summed E-state index contributed by atoms with van der Waals surface area (Å²) in [7, 11) is 0. The molecule has 0 aliphatic carbocycles. The molecule has 0 spiro atoms. The summed E-state index contributed by atoms with van der Waals surface area (Å²) in [6.45, 7) is 1.95. The van der Waals surface area contributed by atoms with Crippen molar-refractivity contribution >= 4 is 0 Å². The van der Waals surface area contributed by atoms with E-state index in [1.165, 1.54) is 25.7 Å². The van der Waals surface area contributed by atoms with Crippen LogP contribution in [0.1, 0.15) is 51.9 Å². The molecule has 5 heteroatoms. The van der Waals surface area contributed by atoms with Crippen LogP contribution in [0.4, 0.5) is 0 Å². The van der Waals surface area contributed by atoms with E-state index in [0.717, 1.165) is 19.3 Å². The number of piperidine rings is 1. The first-order valence-electron chi connectivity index (χ1n) is 7.53. The lowest BCUT2D eigenvalue weighted by atomic mass is 9.88. The van der Waals surface area contributed by atoms with Gasteiger partial charge in [-0.1, -0.05) is 45.4 Å². The van der Waals surface area contributed by atoms with Gasteiger partial charge >= 0.3 is 0 Å². The maximum atomic E-state index is 9.91. The van der Waals surface area contributed by atoms with Gasteiger partial charge < -0.3 is 25.7 Å². The van der Waals surface area contributed by atoms with Gasteiger partial charge in [0.25, 0.3) is 0 Å². The molecule has 0 bridgehead atoms. The average Bonchev–Trinajstić information content (AvgIpc) is 2.42. The van der Waals surface area contributed by atoms with Crippen molar-refractivity contribution in [2.75, 3.05) is 6.61 Å². The Hall–Kier alpha value is -0.200. The molecule has 1 saturated heterocycles. The molecule has 0 amide bonds. The SMILES string of the molecule is CCCCCCCC[C@H]1N[C@H](CO)[C@@H](O)[C@H](O)[C@@H]1O. The monoisotopic (exact) mass is 275 g/mol. The minimum absolute atomic E-state index is 0.238. The van der Waals surface area contributed by atoms with Crippen molar-refractivity contribution in [3.63, 3.8) is 0 Å². The number of unbranched alkanes of at least 4 members (excludes halogenated alkanes) is 5. The van der Waals surface area contributed by atoms with E-state index in [2.05, 4.69) is 12.2 Å². The van der Waals surface area contributed by atoms with Crippen molar-refractivity contribution in [2.45, 2.75) is 82.3 Å². The van der Waals surface area contributed by atoms with Crippen LogP contribution in [-0.4, -0.2) is 57.4 Å². The molecular formula is C14H29NO4. The molecule has 0 aromatic heterocycles. The summed E-state index contributed by atoms with van der Waals surface area (Å²) in [5, 5.41) is 41.5. The van der Waals surface area contributed by atoms with Crippen LogP contribution in [0, 0.1) is 0 Å². The van der Waals surface area contributed by atoms with Crippen molar-refractivity contribution in [3.05, 3.63) is 0 Å². The van der Waals surface area contributed by atoms with Crippen LogP contribution < -0.4 is 5.32 Å². The minimum atomic E-state index is -1.18. The van der Waals surface area contributed by atoms with Crippen molar-refractivity contribution in [3.8, 4) is 0 Å². The summed E-state index contributed by atoms with van der Waals surface area (Å²) in [6.07, 6.45) is 4.55. The van der Waals surface area contributed by atoms with Gasteiger partial charge in [0.15, 0.2) is 0 Å². The molecule has 1 aliphatic rings. The third kappa shape index (κ3) is 5.00. The Morgan fingerprint density at radius 1 is 0.789 bits per heavy atom. The summed E-state index contributed by atoms with van der Waals surface area (Å²) in [6, 6.07) is -0.801. The van der Waals surface area contributed by atoms with E-state index in [1.54, 1.807) is 0 Å². The Labute approximate surface area is 115 Å². The fourth-order valence-electron chi connectivity index (χ4n) is 2.71. The van der Waals surface area contributed by atoms with Crippen LogP contribution in [0.2, 0.25) is 0 Å². The maximum Gasteiger partial charge on any atom is 0.109 e. The van der Waals surface area contributed by atoms with E-state index in [-0.39, 0.29) is 12.6 Å². The van der Waals surface area contributed by atoms with Gasteiger partial charge in [-0.3, -0.25) is 0 Å². The fraction of sp³-hybridized carbons (Fsp3) is 1.00. The summed E-state index contributed by atoms with van der Waals surface area (Å²) in [4.78, 5) is 0. The Kier molecular flexibility index (Phi) is 7.87. The molecular weight excluding hydrogens is 246 g/mol. The molecule has 5 atom stereocenters. The molecule has 0 saturated carbocycles. The predicted molar refractivity (Wildman–Crippen MR) is 73.8 cm³/mol. The van der Waals surface area contributed by atoms with E-state index in [9.17, 15) is 15.3 Å². The van der Waals surface area contributed by atoms with Gasteiger partial charge in [0, 0.05) is 6.04 Å². The average molecular weight is 275 g/mol. The lowest BCUT2D eigenvalue weighted by Crippen LogP contribution is -2.65. The van der Waals surface area contributed by atoms with Gasteiger partial charge in [0.1, 0.15) is 6.10 Å². The first-order valence-corrected chi connectivity index (χ1v) is 7.53. The van der Waals surface area contributed by atoms with E-state index < -0.39 is 24.4 Å². The van der Waals surface area contributed by atoms with Crippen molar-refractivity contribution in [2.24, 2.45) is 0 Å². The normalized spacial score (nSPS) is 35.5. The summed E-state index contributed by atoms with van der Waals surface area (Å²) >= 11 is 0. The lowest BCUT2D eigenvalue weighted by molar-refractivity contribution is -0.120. The molecule has 1 fully saturated rings. The smallest absolute Gasteiger partial charge is 0.109 e. The number of aliphatic hydroxyl groups excluding tert-OH is 4. The van der Waals surface area contributed by atoms with Crippen molar-refractivity contribution in [1.29, 1.82) is 0 Å². The molecule has 0 aromatic rings. The highest BCUT2D eigenvalue weighted by molar-refractivity contribution is 4.97. The zero-order valence-electron chi connectivity index (χ0n) is 11.8. The Morgan fingerprint density at radius 2 is 1.37 bits per heavy atom. The third-order valence-electron chi connectivity index (χ3n) is 4.02. The molecule has 0 radical (unpaired) electrons. The number of hydrogen-bond donors (Lipinski definition) is 5. The molecule has 19 heavy (non-hydrogen) atoms. The Bertz CT molecular complexity index is 237. The maximum absolute atomic E-state index is 9.91. The largest absolute Gasteiger partial charge is 0.395 e. The number of aliphatic hydroxyl groups is 4. The molecule has 5 nitrogen and oxygen atoms in total. The highest BCUT2D eigenvalue weighted by Gasteiger charge is 2.41. The first-order chi connectivity index (χ1) is 9.11. The lowest BCUT2D eigenvalue weighted by Gasteiger charge is -2.41. The van der Waals surface area contributed by atoms with Crippen LogP contribution in [0.15, 0.2) is 0 Å². The van der Waals surface area contributed by atoms with Crippen LogP contribution >= 0.6 is 0 Å². The number of rotatable bonds is 8. The quantitative estimate of drug-likeness (QED) is 0.407. The van der Waals surface area contributed by atoms with Gasteiger partial charge in [-0.15, -0.1) is 0 Å². The van der Waals surface area contributed by atoms with Crippen LogP contribution in [0.5, 0.6) is 0 Å². The predicted octanol–water partition coefficient (Wildman–Crippen LogP) is 0.152. The highest BCUT2D eigenvalue weighted by Crippen LogP contribution is 2.20. The van der Waals surface area contributed by atoms with Crippen molar-refractivity contribution < 1.29 is 20.4 Å². The zero-order valence-corrected chi connectivity index (χ0v) is 11.8. The third-order valence-corrected chi connectivity index (χ3v) is 4.02. The Morgan fingerprint density at radius 3 is 2.00 bits per heavy atom. The van der Waals surface area contributed by atoms with E-state index in [0.29, 0.717) is 0 Å². The van der Waals surface area contributed by atoms with Crippen molar-refractivity contribution in [1.82, 2.24) is 5.32 Å².